The molecule has 1 amide bonds. The lowest BCUT2D eigenvalue weighted by Gasteiger charge is -2.14. The van der Waals surface area contributed by atoms with Crippen LogP contribution in [0.25, 0.3) is 0 Å². The van der Waals surface area contributed by atoms with Gasteiger partial charge in [0.05, 0.1) is 24.8 Å². The number of nitro benzene ring substituents is 1. The molecule has 0 saturated carbocycles. The maximum atomic E-state index is 12.7. The third-order valence-electron chi connectivity index (χ3n) is 4.37. The van der Waals surface area contributed by atoms with Crippen LogP contribution in [0.2, 0.25) is 5.02 Å². The predicted molar refractivity (Wildman–Crippen MR) is 117 cm³/mol. The first kappa shape index (κ1) is 21.9. The molecule has 0 spiro atoms. The van der Waals surface area contributed by atoms with Gasteiger partial charge < -0.3 is 19.5 Å². The monoisotopic (exact) mass is 442 g/mol. The Morgan fingerprint density at radius 1 is 0.935 bits per heavy atom. The topological polar surface area (TPSA) is 99.9 Å². The van der Waals surface area contributed by atoms with Gasteiger partial charge in [0.1, 0.15) is 5.75 Å². The molecule has 9 heteroatoms. The summed E-state index contributed by atoms with van der Waals surface area (Å²) >= 11 is 5.84. The van der Waals surface area contributed by atoms with Gasteiger partial charge in [-0.2, -0.15) is 0 Å². The molecule has 0 fully saturated rings. The largest absolute Gasteiger partial charge is 0.495 e. The molecule has 3 aromatic rings. The summed E-state index contributed by atoms with van der Waals surface area (Å²) in [7, 11) is 2.93. The van der Waals surface area contributed by atoms with Crippen molar-refractivity contribution in [2.75, 3.05) is 19.5 Å². The molecule has 0 radical (unpaired) electrons. The van der Waals surface area contributed by atoms with Gasteiger partial charge in [-0.25, -0.2) is 0 Å². The molecule has 3 rings (SSSR count). The highest BCUT2D eigenvalue weighted by Crippen LogP contribution is 2.38. The molecule has 0 aromatic heterocycles. The van der Waals surface area contributed by atoms with E-state index >= 15 is 0 Å². The van der Waals surface area contributed by atoms with Crippen LogP contribution in [-0.2, 0) is 0 Å². The summed E-state index contributed by atoms with van der Waals surface area (Å²) in [6.45, 7) is 1.90. The molecule has 8 nitrogen and oxygen atoms in total. The fourth-order valence-corrected chi connectivity index (χ4v) is 3.01. The number of rotatable bonds is 7. The number of carbonyl (C=O) groups is 1. The fourth-order valence-electron chi connectivity index (χ4n) is 2.85. The van der Waals surface area contributed by atoms with Crippen LogP contribution in [0.1, 0.15) is 15.9 Å². The minimum absolute atomic E-state index is 0.00519. The minimum atomic E-state index is -0.593. The number of anilines is 1. The normalized spacial score (nSPS) is 10.3. The summed E-state index contributed by atoms with van der Waals surface area (Å²) in [5, 5.41) is 14.3. The minimum Gasteiger partial charge on any atom is -0.495 e. The average Bonchev–Trinajstić information content (AvgIpc) is 2.75. The Morgan fingerprint density at radius 2 is 1.61 bits per heavy atom. The molecular weight excluding hydrogens is 424 g/mol. The summed E-state index contributed by atoms with van der Waals surface area (Å²) in [5.74, 6) is 0.576. The van der Waals surface area contributed by atoms with Gasteiger partial charge in [0.15, 0.2) is 11.5 Å². The lowest BCUT2D eigenvalue weighted by atomic mass is 10.1. The van der Waals surface area contributed by atoms with Gasteiger partial charge in [-0.3, -0.25) is 14.9 Å². The highest BCUT2D eigenvalue weighted by Gasteiger charge is 2.19. The van der Waals surface area contributed by atoms with Crippen LogP contribution >= 0.6 is 11.6 Å². The number of aryl methyl sites for hydroxylation is 1. The van der Waals surface area contributed by atoms with Gasteiger partial charge in [-0.1, -0.05) is 17.7 Å². The van der Waals surface area contributed by atoms with Crippen molar-refractivity contribution in [3.8, 4) is 23.0 Å². The van der Waals surface area contributed by atoms with Gasteiger partial charge in [-0.05, 0) is 55.0 Å². The summed E-state index contributed by atoms with van der Waals surface area (Å²) in [6.07, 6.45) is 0. The van der Waals surface area contributed by atoms with E-state index in [1.54, 1.807) is 12.1 Å². The molecule has 0 saturated heterocycles. The first-order chi connectivity index (χ1) is 14.8. The van der Waals surface area contributed by atoms with Crippen molar-refractivity contribution in [1.29, 1.82) is 0 Å². The Bertz CT molecular complexity index is 1150. The van der Waals surface area contributed by atoms with Crippen LogP contribution in [0.4, 0.5) is 11.4 Å². The molecule has 0 heterocycles. The van der Waals surface area contributed by atoms with Crippen molar-refractivity contribution in [3.05, 3.63) is 80.9 Å². The number of ether oxygens (including phenoxy) is 3. The smallest absolute Gasteiger partial charge is 0.313 e. The van der Waals surface area contributed by atoms with Crippen molar-refractivity contribution >= 4 is 28.9 Å². The summed E-state index contributed by atoms with van der Waals surface area (Å²) in [4.78, 5) is 23.4. The number of nitro groups is 1. The fraction of sp³-hybridized carbons (Fsp3) is 0.136. The van der Waals surface area contributed by atoms with Gasteiger partial charge >= 0.3 is 5.69 Å². The molecule has 0 aliphatic rings. The SMILES string of the molecule is COc1ccc(C)cc1NC(=O)c1ccc(Oc2ccc(Cl)cc2[N+](=O)[O-])c(OC)c1. The van der Waals surface area contributed by atoms with Crippen molar-refractivity contribution in [3.63, 3.8) is 0 Å². The maximum Gasteiger partial charge on any atom is 0.313 e. The zero-order valence-corrected chi connectivity index (χ0v) is 17.7. The number of hydrogen-bond acceptors (Lipinski definition) is 6. The standard InChI is InChI=1S/C22H19ClN2O6/c1-13-4-7-18(29-2)16(10-13)24-22(26)14-5-8-20(21(11-14)30-3)31-19-9-6-15(23)12-17(19)25(27)28/h4-12H,1-3H3,(H,24,26). The Morgan fingerprint density at radius 3 is 2.29 bits per heavy atom. The average molecular weight is 443 g/mol. The highest BCUT2D eigenvalue weighted by molar-refractivity contribution is 6.30. The molecule has 0 aliphatic heterocycles. The number of hydrogen-bond donors (Lipinski definition) is 1. The lowest BCUT2D eigenvalue weighted by molar-refractivity contribution is -0.385. The number of amides is 1. The van der Waals surface area contributed by atoms with Crippen molar-refractivity contribution in [2.45, 2.75) is 6.92 Å². The Hall–Kier alpha value is -3.78. The quantitative estimate of drug-likeness (QED) is 0.376. The first-order valence-electron chi connectivity index (χ1n) is 9.08. The molecular formula is C22H19ClN2O6. The van der Waals surface area contributed by atoms with Gasteiger partial charge in [0.25, 0.3) is 5.91 Å². The van der Waals surface area contributed by atoms with Gasteiger partial charge in [0, 0.05) is 16.7 Å². The molecule has 0 aliphatic carbocycles. The van der Waals surface area contributed by atoms with E-state index in [4.69, 9.17) is 25.8 Å². The third-order valence-corrected chi connectivity index (χ3v) is 4.60. The highest BCUT2D eigenvalue weighted by atomic mass is 35.5. The van der Waals surface area contributed by atoms with E-state index in [2.05, 4.69) is 5.32 Å². The number of benzene rings is 3. The summed E-state index contributed by atoms with van der Waals surface area (Å²) in [5.41, 5.74) is 1.51. The van der Waals surface area contributed by atoms with Crippen molar-refractivity contribution < 1.29 is 23.9 Å². The summed E-state index contributed by atoms with van der Waals surface area (Å²) < 4.78 is 16.3. The zero-order chi connectivity index (χ0) is 22.5. The van der Waals surface area contributed by atoms with E-state index in [1.807, 2.05) is 13.0 Å². The molecule has 3 aromatic carbocycles. The molecule has 0 unspecified atom stereocenters. The van der Waals surface area contributed by atoms with Crippen LogP contribution in [0.3, 0.4) is 0 Å². The van der Waals surface area contributed by atoms with Crippen LogP contribution in [-0.4, -0.2) is 25.1 Å². The second-order valence-corrected chi connectivity index (χ2v) is 6.93. The van der Waals surface area contributed by atoms with Crippen LogP contribution < -0.4 is 19.5 Å². The van der Waals surface area contributed by atoms with Crippen LogP contribution in [0.15, 0.2) is 54.6 Å². The Balaban J connectivity index is 1.88. The van der Waals surface area contributed by atoms with E-state index in [0.717, 1.165) is 5.56 Å². The van der Waals surface area contributed by atoms with E-state index in [1.165, 1.54) is 50.6 Å². The third kappa shape index (κ3) is 5.04. The molecule has 0 bridgehead atoms. The van der Waals surface area contributed by atoms with Gasteiger partial charge in [0.2, 0.25) is 5.75 Å². The number of nitrogens with zero attached hydrogens (tertiary/aromatic N) is 1. The molecule has 0 atom stereocenters. The lowest BCUT2D eigenvalue weighted by Crippen LogP contribution is -2.13. The van der Waals surface area contributed by atoms with Crippen molar-refractivity contribution in [2.24, 2.45) is 0 Å². The Labute approximate surface area is 183 Å². The van der Waals surface area contributed by atoms with E-state index in [0.29, 0.717) is 17.0 Å². The number of nitrogens with one attached hydrogen (secondary N) is 1. The second kappa shape index (κ2) is 9.36. The van der Waals surface area contributed by atoms with Crippen molar-refractivity contribution in [1.82, 2.24) is 0 Å². The predicted octanol–water partition coefficient (Wildman–Crippen LogP) is 5.62. The van der Waals surface area contributed by atoms with Gasteiger partial charge in [-0.15, -0.1) is 0 Å². The van der Waals surface area contributed by atoms with Crippen LogP contribution in [0.5, 0.6) is 23.0 Å². The first-order valence-corrected chi connectivity index (χ1v) is 9.46. The number of methoxy groups -OCH3 is 2. The second-order valence-electron chi connectivity index (χ2n) is 6.49. The molecule has 160 valence electrons. The van der Waals surface area contributed by atoms with Crippen LogP contribution in [0, 0.1) is 17.0 Å². The summed E-state index contributed by atoms with van der Waals surface area (Å²) in [6, 6.07) is 14.0. The molecule has 31 heavy (non-hydrogen) atoms. The number of carbonyl (C=O) groups excluding carboxylic acids is 1. The van der Waals surface area contributed by atoms with E-state index in [-0.39, 0.29) is 33.9 Å². The Kier molecular flexibility index (Phi) is 6.61. The maximum absolute atomic E-state index is 12.7. The molecule has 1 N–H and O–H groups in total. The van der Waals surface area contributed by atoms with E-state index < -0.39 is 4.92 Å². The van der Waals surface area contributed by atoms with E-state index in [9.17, 15) is 14.9 Å². The zero-order valence-electron chi connectivity index (χ0n) is 17.0. The number of halogens is 1.